The molecule has 1 aliphatic heterocycles. The summed E-state index contributed by atoms with van der Waals surface area (Å²) >= 11 is 13.6. The Kier molecular flexibility index (Phi) is 6.35. The van der Waals surface area contributed by atoms with Gasteiger partial charge in [0.2, 0.25) is 0 Å². The predicted octanol–water partition coefficient (Wildman–Crippen LogP) is 5.07. The molecule has 0 spiro atoms. The lowest BCUT2D eigenvalue weighted by molar-refractivity contribution is -0.142. The summed E-state index contributed by atoms with van der Waals surface area (Å²) in [6.45, 7) is 3.04. The molecule has 7 heteroatoms. The number of halogens is 2. The molecule has 1 aliphatic rings. The minimum Gasteiger partial charge on any atom is -0.488 e. The monoisotopic (exact) mass is 411 g/mol. The van der Waals surface area contributed by atoms with E-state index in [-0.39, 0.29) is 6.10 Å². The van der Waals surface area contributed by atoms with E-state index in [1.165, 1.54) is 0 Å². The van der Waals surface area contributed by atoms with Gasteiger partial charge in [0, 0.05) is 18.0 Å². The molecule has 0 aromatic heterocycles. The summed E-state index contributed by atoms with van der Waals surface area (Å²) < 4.78 is 6.18. The molecule has 26 heavy (non-hydrogen) atoms. The molecule has 0 aliphatic carbocycles. The van der Waals surface area contributed by atoms with E-state index in [0.717, 1.165) is 28.5 Å². The van der Waals surface area contributed by atoms with Crippen LogP contribution in [0.5, 0.6) is 5.75 Å². The smallest absolute Gasteiger partial charge is 0.320 e. The van der Waals surface area contributed by atoms with Crippen molar-refractivity contribution in [3.8, 4) is 5.75 Å². The second-order valence-corrected chi connectivity index (χ2v) is 8.09. The van der Waals surface area contributed by atoms with Gasteiger partial charge in [-0.15, -0.1) is 0 Å². The van der Waals surface area contributed by atoms with Crippen molar-refractivity contribution in [1.29, 1.82) is 0 Å². The van der Waals surface area contributed by atoms with Gasteiger partial charge in [0.1, 0.15) is 17.9 Å². The molecular weight excluding hydrogens is 393 g/mol. The Hall–Kier alpha value is -1.40. The second kappa shape index (κ2) is 8.53. The summed E-state index contributed by atoms with van der Waals surface area (Å²) in [6, 6.07) is 12.8. The third-order valence-corrected chi connectivity index (χ3v) is 6.13. The number of aliphatic carboxylic acids is 1. The Balaban J connectivity index is 1.70. The van der Waals surface area contributed by atoms with Gasteiger partial charge in [-0.05, 0) is 43.7 Å². The van der Waals surface area contributed by atoms with Crippen LogP contribution in [0.4, 0.5) is 0 Å². The number of para-hydroxylation sites is 1. The number of hydrogen-bond acceptors (Lipinski definition) is 4. The van der Waals surface area contributed by atoms with Gasteiger partial charge in [-0.2, -0.15) is 0 Å². The number of carboxylic acid groups (broad SMARTS) is 1. The number of carboxylic acids is 1. The summed E-state index contributed by atoms with van der Waals surface area (Å²) in [5.74, 6) is -0.0142. The van der Waals surface area contributed by atoms with Crippen molar-refractivity contribution in [2.45, 2.75) is 35.3 Å². The average molecular weight is 412 g/mol. The van der Waals surface area contributed by atoms with Gasteiger partial charge in [0.25, 0.3) is 0 Å². The number of likely N-dealkylation sites (tertiary alicyclic amines) is 1. The number of rotatable bonds is 6. The summed E-state index contributed by atoms with van der Waals surface area (Å²) in [6.07, 6.45) is 0.788. The quantitative estimate of drug-likeness (QED) is 0.718. The highest BCUT2D eigenvalue weighted by molar-refractivity contribution is 7.99. The van der Waals surface area contributed by atoms with Crippen LogP contribution in [0.25, 0.3) is 0 Å². The van der Waals surface area contributed by atoms with Gasteiger partial charge in [-0.1, -0.05) is 47.1 Å². The first kappa shape index (κ1) is 19.4. The van der Waals surface area contributed by atoms with E-state index in [4.69, 9.17) is 33.0 Å². The number of hydrogen-bond donors (Lipinski definition) is 1. The number of nitrogens with zero attached hydrogens (tertiary/aromatic N) is 1. The molecule has 1 fully saturated rings. The van der Waals surface area contributed by atoms with Gasteiger partial charge in [-0.3, -0.25) is 9.69 Å². The summed E-state index contributed by atoms with van der Waals surface area (Å²) in [5, 5.41) is 10.2. The molecule has 3 rings (SSSR count). The van der Waals surface area contributed by atoms with E-state index < -0.39 is 12.0 Å². The molecule has 1 saturated heterocycles. The maximum absolute atomic E-state index is 11.2. The third kappa shape index (κ3) is 4.65. The molecule has 0 bridgehead atoms. The van der Waals surface area contributed by atoms with Gasteiger partial charge >= 0.3 is 5.97 Å². The van der Waals surface area contributed by atoms with Crippen LogP contribution in [0.1, 0.15) is 13.3 Å². The maximum atomic E-state index is 11.2. The first-order valence-corrected chi connectivity index (χ1v) is 9.86. The van der Waals surface area contributed by atoms with E-state index >= 15 is 0 Å². The van der Waals surface area contributed by atoms with Crippen molar-refractivity contribution >= 4 is 40.9 Å². The van der Waals surface area contributed by atoms with Crippen LogP contribution in [-0.4, -0.2) is 41.2 Å². The SMILES string of the molecule is C[C@@H](C(=O)O)N1CC[C@@H](Oc2ccccc2Sc2ccc(Cl)c(Cl)c2)C1. The minimum absolute atomic E-state index is 0.0210. The Morgan fingerprint density at radius 2 is 2.04 bits per heavy atom. The zero-order chi connectivity index (χ0) is 18.7. The van der Waals surface area contributed by atoms with Gasteiger partial charge < -0.3 is 9.84 Å². The molecule has 1 N–H and O–H groups in total. The fourth-order valence-electron chi connectivity index (χ4n) is 2.84. The van der Waals surface area contributed by atoms with Crippen LogP contribution in [0.2, 0.25) is 10.0 Å². The summed E-state index contributed by atoms with van der Waals surface area (Å²) in [5.41, 5.74) is 0. The predicted molar refractivity (Wildman–Crippen MR) is 105 cm³/mol. The van der Waals surface area contributed by atoms with Crippen LogP contribution in [0, 0.1) is 0 Å². The van der Waals surface area contributed by atoms with Crippen LogP contribution < -0.4 is 4.74 Å². The van der Waals surface area contributed by atoms with Crippen molar-refractivity contribution in [1.82, 2.24) is 4.90 Å². The molecule has 0 radical (unpaired) electrons. The molecule has 4 nitrogen and oxygen atoms in total. The van der Waals surface area contributed by atoms with Crippen molar-refractivity contribution in [2.24, 2.45) is 0 Å². The highest BCUT2D eigenvalue weighted by Gasteiger charge is 2.30. The lowest BCUT2D eigenvalue weighted by Gasteiger charge is -2.21. The molecule has 2 atom stereocenters. The zero-order valence-corrected chi connectivity index (χ0v) is 16.5. The fraction of sp³-hybridized carbons (Fsp3) is 0.316. The minimum atomic E-state index is -0.804. The molecule has 1 heterocycles. The summed E-state index contributed by atoms with van der Waals surface area (Å²) in [7, 11) is 0. The van der Waals surface area contributed by atoms with E-state index in [1.807, 2.05) is 41.3 Å². The van der Waals surface area contributed by atoms with Crippen LogP contribution in [0.15, 0.2) is 52.3 Å². The fourth-order valence-corrected chi connectivity index (χ4v) is 4.13. The molecule has 138 valence electrons. The largest absolute Gasteiger partial charge is 0.488 e. The van der Waals surface area contributed by atoms with Crippen molar-refractivity contribution < 1.29 is 14.6 Å². The van der Waals surface area contributed by atoms with Gasteiger partial charge in [0.05, 0.1) is 14.9 Å². The van der Waals surface area contributed by atoms with E-state index in [9.17, 15) is 4.79 Å². The van der Waals surface area contributed by atoms with Crippen LogP contribution >= 0.6 is 35.0 Å². The lowest BCUT2D eigenvalue weighted by atomic mass is 10.3. The van der Waals surface area contributed by atoms with Crippen LogP contribution in [-0.2, 0) is 4.79 Å². The Labute approximate surface area is 167 Å². The zero-order valence-electron chi connectivity index (χ0n) is 14.2. The third-order valence-electron chi connectivity index (χ3n) is 4.34. The number of benzene rings is 2. The maximum Gasteiger partial charge on any atom is 0.320 e. The molecule has 2 aromatic carbocycles. The standard InChI is InChI=1S/C19H19Cl2NO3S/c1-12(19(23)24)22-9-8-13(11-22)25-17-4-2-3-5-18(17)26-14-6-7-15(20)16(21)10-14/h2-7,10,12-13H,8-9,11H2,1H3,(H,23,24)/t12-,13+/m0/s1. The lowest BCUT2D eigenvalue weighted by Crippen LogP contribution is -2.38. The average Bonchev–Trinajstić information content (AvgIpc) is 3.07. The number of ether oxygens (including phenoxy) is 1. The van der Waals surface area contributed by atoms with Crippen molar-refractivity contribution in [2.75, 3.05) is 13.1 Å². The molecule has 0 saturated carbocycles. The van der Waals surface area contributed by atoms with Crippen LogP contribution in [0.3, 0.4) is 0 Å². The van der Waals surface area contributed by atoms with E-state index in [2.05, 4.69) is 0 Å². The Morgan fingerprint density at radius 3 is 2.77 bits per heavy atom. The normalized spacial score (nSPS) is 18.7. The van der Waals surface area contributed by atoms with E-state index in [0.29, 0.717) is 16.6 Å². The van der Waals surface area contributed by atoms with Crippen molar-refractivity contribution in [3.63, 3.8) is 0 Å². The van der Waals surface area contributed by atoms with E-state index in [1.54, 1.807) is 24.8 Å². The first-order valence-electron chi connectivity index (χ1n) is 8.29. The number of carbonyl (C=O) groups is 1. The molecule has 0 unspecified atom stereocenters. The topological polar surface area (TPSA) is 49.8 Å². The summed E-state index contributed by atoms with van der Waals surface area (Å²) in [4.78, 5) is 15.0. The molecule has 2 aromatic rings. The Bertz CT molecular complexity index is 802. The highest BCUT2D eigenvalue weighted by Crippen LogP contribution is 2.38. The highest BCUT2D eigenvalue weighted by atomic mass is 35.5. The molecular formula is C19H19Cl2NO3S. The van der Waals surface area contributed by atoms with Gasteiger partial charge in [-0.25, -0.2) is 0 Å². The second-order valence-electron chi connectivity index (χ2n) is 6.16. The Morgan fingerprint density at radius 1 is 1.27 bits per heavy atom. The molecule has 0 amide bonds. The van der Waals surface area contributed by atoms with Crippen molar-refractivity contribution in [3.05, 3.63) is 52.5 Å². The van der Waals surface area contributed by atoms with Gasteiger partial charge in [0.15, 0.2) is 0 Å². The first-order chi connectivity index (χ1) is 12.4.